The smallest absolute Gasteiger partial charge is 0.191 e. The first-order valence-corrected chi connectivity index (χ1v) is 10.6. The number of nitrogens with one attached hydrogen (secondary N) is 2. The third-order valence-electron chi connectivity index (χ3n) is 5.10. The van der Waals surface area contributed by atoms with Gasteiger partial charge >= 0.3 is 0 Å². The summed E-state index contributed by atoms with van der Waals surface area (Å²) in [6.45, 7) is 5.58. The van der Waals surface area contributed by atoms with E-state index in [-0.39, 0.29) is 24.0 Å². The van der Waals surface area contributed by atoms with Crippen molar-refractivity contribution < 1.29 is 0 Å². The molecule has 1 atom stereocenters. The first kappa shape index (κ1) is 22.7. The highest BCUT2D eigenvalue weighted by molar-refractivity contribution is 14.0. The molecule has 1 aliphatic heterocycles. The number of pyridine rings is 1. The van der Waals surface area contributed by atoms with Gasteiger partial charge in [0, 0.05) is 61.7 Å². The normalized spacial score (nSPS) is 16.5. The zero-order chi connectivity index (χ0) is 20.1. The van der Waals surface area contributed by atoms with Crippen LogP contribution in [0.2, 0.25) is 5.02 Å². The van der Waals surface area contributed by atoms with Gasteiger partial charge < -0.3 is 19.9 Å². The molecule has 0 aliphatic carbocycles. The Kier molecular flexibility index (Phi) is 8.21. The van der Waals surface area contributed by atoms with Crippen molar-refractivity contribution >= 4 is 52.9 Å². The van der Waals surface area contributed by atoms with Gasteiger partial charge in [-0.15, -0.1) is 24.0 Å². The van der Waals surface area contributed by atoms with E-state index in [1.165, 1.54) is 5.69 Å². The van der Waals surface area contributed by atoms with Crippen molar-refractivity contribution in [2.24, 2.45) is 4.99 Å². The number of nitrogens with zero attached hydrogens (tertiary/aromatic N) is 4. The van der Waals surface area contributed by atoms with Crippen LogP contribution in [0, 0.1) is 0 Å². The van der Waals surface area contributed by atoms with Crippen molar-refractivity contribution in [3.63, 3.8) is 0 Å². The van der Waals surface area contributed by atoms with Crippen molar-refractivity contribution in [2.45, 2.75) is 25.8 Å². The van der Waals surface area contributed by atoms with E-state index in [1.54, 1.807) is 0 Å². The quantitative estimate of drug-likeness (QED) is 0.283. The number of fused-ring (bicyclic) bond motifs is 1. The highest BCUT2D eigenvalue weighted by Crippen LogP contribution is 2.23. The molecule has 0 radical (unpaired) electrons. The molecule has 4 rings (SSSR count). The van der Waals surface area contributed by atoms with Crippen LogP contribution in [-0.2, 0) is 6.42 Å². The molecule has 0 amide bonds. The minimum absolute atomic E-state index is 0. The van der Waals surface area contributed by atoms with E-state index in [0.29, 0.717) is 12.6 Å². The van der Waals surface area contributed by atoms with E-state index in [1.807, 2.05) is 47.0 Å². The molecular weight excluding hydrogens is 511 g/mol. The van der Waals surface area contributed by atoms with E-state index < -0.39 is 0 Å². The second-order valence-electron chi connectivity index (χ2n) is 7.26. The van der Waals surface area contributed by atoms with E-state index in [0.717, 1.165) is 54.8 Å². The summed E-state index contributed by atoms with van der Waals surface area (Å²) in [6.07, 6.45) is 5.98. The highest BCUT2D eigenvalue weighted by Gasteiger charge is 2.23. The van der Waals surface area contributed by atoms with E-state index in [9.17, 15) is 0 Å². The monoisotopic (exact) mass is 538 g/mol. The van der Waals surface area contributed by atoms with Gasteiger partial charge in [0.2, 0.25) is 0 Å². The number of aromatic nitrogens is 2. The molecule has 0 spiro atoms. The van der Waals surface area contributed by atoms with Gasteiger partial charge in [0.05, 0.1) is 5.69 Å². The number of hydrogen-bond acceptors (Lipinski definition) is 3. The van der Waals surface area contributed by atoms with E-state index >= 15 is 0 Å². The van der Waals surface area contributed by atoms with Crippen molar-refractivity contribution in [1.29, 1.82) is 0 Å². The number of anilines is 1. The van der Waals surface area contributed by atoms with Crippen LogP contribution in [0.4, 0.5) is 5.69 Å². The third kappa shape index (κ3) is 5.78. The number of halogens is 2. The molecule has 6 nitrogen and oxygen atoms in total. The van der Waals surface area contributed by atoms with Crippen LogP contribution < -0.4 is 15.5 Å². The molecule has 0 bridgehead atoms. The van der Waals surface area contributed by atoms with E-state index in [2.05, 4.69) is 39.7 Å². The molecule has 30 heavy (non-hydrogen) atoms. The SMILES string of the molecule is CCNC(=NCCc1cn2ccccc2n1)NC1CCN(c2cccc(Cl)c2)C1.I. The maximum atomic E-state index is 6.14. The van der Waals surface area contributed by atoms with Crippen LogP contribution in [0.3, 0.4) is 0 Å². The number of guanidine groups is 1. The average molecular weight is 539 g/mol. The lowest BCUT2D eigenvalue weighted by Gasteiger charge is -2.20. The lowest BCUT2D eigenvalue weighted by Crippen LogP contribution is -2.44. The molecule has 160 valence electrons. The summed E-state index contributed by atoms with van der Waals surface area (Å²) >= 11 is 6.14. The lowest BCUT2D eigenvalue weighted by atomic mass is 10.2. The van der Waals surface area contributed by atoms with Crippen LogP contribution in [0.15, 0.2) is 59.9 Å². The topological polar surface area (TPSA) is 57.0 Å². The number of benzene rings is 1. The zero-order valence-electron chi connectivity index (χ0n) is 17.1. The van der Waals surface area contributed by atoms with Crippen LogP contribution >= 0.6 is 35.6 Å². The standard InChI is InChI=1S/C22H27ClN6.HI/c1-2-24-22(25-11-9-18-16-29-12-4-3-8-21(29)26-18)27-19-10-13-28(15-19)20-7-5-6-17(23)14-20;/h3-8,12,14,16,19H,2,9-11,13,15H2,1H3,(H2,24,25,27);1H. The lowest BCUT2D eigenvalue weighted by molar-refractivity contribution is 0.649. The highest BCUT2D eigenvalue weighted by atomic mass is 127. The van der Waals surface area contributed by atoms with Crippen LogP contribution in [0.25, 0.3) is 5.65 Å². The van der Waals surface area contributed by atoms with Crippen molar-refractivity contribution in [3.05, 3.63) is 65.6 Å². The summed E-state index contributed by atoms with van der Waals surface area (Å²) in [6, 6.07) is 14.5. The Labute approximate surface area is 199 Å². The fraction of sp³-hybridized carbons (Fsp3) is 0.364. The Morgan fingerprint density at radius 2 is 2.17 bits per heavy atom. The van der Waals surface area contributed by atoms with Gasteiger partial charge in [0.25, 0.3) is 0 Å². The molecule has 0 saturated carbocycles. The van der Waals surface area contributed by atoms with E-state index in [4.69, 9.17) is 16.6 Å². The summed E-state index contributed by atoms with van der Waals surface area (Å²) in [4.78, 5) is 11.8. The van der Waals surface area contributed by atoms with Gasteiger partial charge in [-0.2, -0.15) is 0 Å². The molecule has 2 aromatic heterocycles. The third-order valence-corrected chi connectivity index (χ3v) is 5.33. The molecule has 2 N–H and O–H groups in total. The van der Waals surface area contributed by atoms with Crippen molar-refractivity contribution in [3.8, 4) is 0 Å². The molecule has 1 fully saturated rings. The summed E-state index contributed by atoms with van der Waals surface area (Å²) in [5.41, 5.74) is 3.21. The number of imidazole rings is 1. The fourth-order valence-corrected chi connectivity index (χ4v) is 3.87. The Balaban J connectivity index is 0.00000256. The maximum Gasteiger partial charge on any atom is 0.191 e. The molecule has 3 heterocycles. The van der Waals surface area contributed by atoms with Gasteiger partial charge in [0.1, 0.15) is 5.65 Å². The van der Waals surface area contributed by atoms with Crippen LogP contribution in [0.1, 0.15) is 19.0 Å². The van der Waals surface area contributed by atoms with Crippen LogP contribution in [0.5, 0.6) is 0 Å². The van der Waals surface area contributed by atoms with Gasteiger partial charge in [-0.25, -0.2) is 4.98 Å². The predicted octanol–water partition coefficient (Wildman–Crippen LogP) is 3.98. The molecular formula is C22H28ClIN6. The van der Waals surface area contributed by atoms with Gasteiger partial charge in [0.15, 0.2) is 5.96 Å². The molecule has 1 saturated heterocycles. The molecule has 1 aromatic carbocycles. The average Bonchev–Trinajstić information content (AvgIpc) is 3.34. The first-order chi connectivity index (χ1) is 14.2. The van der Waals surface area contributed by atoms with Gasteiger partial charge in [-0.05, 0) is 43.7 Å². The zero-order valence-corrected chi connectivity index (χ0v) is 20.2. The Morgan fingerprint density at radius 1 is 1.27 bits per heavy atom. The van der Waals surface area contributed by atoms with Crippen molar-refractivity contribution in [2.75, 3.05) is 31.1 Å². The van der Waals surface area contributed by atoms with Crippen LogP contribution in [-0.4, -0.2) is 47.6 Å². The molecule has 1 unspecified atom stereocenters. The second kappa shape index (κ2) is 10.9. The number of aliphatic imine (C=N–C) groups is 1. The predicted molar refractivity (Wildman–Crippen MR) is 135 cm³/mol. The Morgan fingerprint density at radius 3 is 2.97 bits per heavy atom. The summed E-state index contributed by atoms with van der Waals surface area (Å²) in [5, 5.41) is 7.72. The minimum atomic E-state index is 0. The fourth-order valence-electron chi connectivity index (χ4n) is 3.69. The van der Waals surface area contributed by atoms with Gasteiger partial charge in [-0.1, -0.05) is 23.7 Å². The van der Waals surface area contributed by atoms with Crippen molar-refractivity contribution in [1.82, 2.24) is 20.0 Å². The molecule has 1 aliphatic rings. The number of rotatable bonds is 6. The minimum Gasteiger partial charge on any atom is -0.369 e. The number of hydrogen-bond donors (Lipinski definition) is 2. The summed E-state index contributed by atoms with van der Waals surface area (Å²) in [7, 11) is 0. The summed E-state index contributed by atoms with van der Waals surface area (Å²) < 4.78 is 2.05. The summed E-state index contributed by atoms with van der Waals surface area (Å²) in [5.74, 6) is 0.870. The largest absolute Gasteiger partial charge is 0.369 e. The first-order valence-electron chi connectivity index (χ1n) is 10.2. The Bertz CT molecular complexity index is 955. The molecule has 8 heteroatoms. The maximum absolute atomic E-state index is 6.14. The molecule has 3 aromatic rings. The Hall–Kier alpha value is -2.00. The van der Waals surface area contributed by atoms with Gasteiger partial charge in [-0.3, -0.25) is 4.99 Å². The second-order valence-corrected chi connectivity index (χ2v) is 7.70.